The summed E-state index contributed by atoms with van der Waals surface area (Å²) in [6, 6.07) is 0. The van der Waals surface area contributed by atoms with Gasteiger partial charge in [-0.05, 0) is 38.5 Å². The number of hydrogen-bond acceptors (Lipinski definition) is 8. The number of methoxy groups -OCH3 is 1. The van der Waals surface area contributed by atoms with Crippen LogP contribution in [0.5, 0.6) is 0 Å². The minimum absolute atomic E-state index is 0.232. The van der Waals surface area contributed by atoms with Crippen LogP contribution in [0.4, 0.5) is 0 Å². The number of carbonyl (C=O) groups excluding carboxylic acids is 1. The molecule has 9 heteroatoms. The quantitative estimate of drug-likeness (QED) is 0.0696. The molecule has 0 aromatic heterocycles. The molecular formula is C27H50O9. The summed E-state index contributed by atoms with van der Waals surface area (Å²) in [4.78, 5) is 21.5. The second-order valence-corrected chi connectivity index (χ2v) is 8.15. The zero-order valence-electron chi connectivity index (χ0n) is 22.2. The standard InChI is InChI=1S/C17H32O6.C10H18O3/c1-20-14-15-22-16-21-12-9-13-23-17(19)10-7-5-3-2-4-6-8-11-18;11-9-7-5-3-1-2-4-6-8-10(12)13/h7,10,18H,2-6,8-9,11-16H2,1H3;6,8,11H,1-5,7,9H2,(H,12,13). The Balaban J connectivity index is 0. The summed E-state index contributed by atoms with van der Waals surface area (Å²) < 4.78 is 20.2. The van der Waals surface area contributed by atoms with Crippen molar-refractivity contribution in [2.75, 3.05) is 53.5 Å². The smallest absolute Gasteiger partial charge is 0.330 e. The van der Waals surface area contributed by atoms with Gasteiger partial charge in [0.15, 0.2) is 0 Å². The van der Waals surface area contributed by atoms with Crippen molar-refractivity contribution in [2.45, 2.75) is 83.5 Å². The summed E-state index contributed by atoms with van der Waals surface area (Å²) in [5.41, 5.74) is 0. The Hall–Kier alpha value is -1.78. The van der Waals surface area contributed by atoms with E-state index in [-0.39, 0.29) is 26.0 Å². The van der Waals surface area contributed by atoms with E-state index in [2.05, 4.69) is 0 Å². The topological polar surface area (TPSA) is 132 Å². The van der Waals surface area contributed by atoms with Crippen LogP contribution in [0.3, 0.4) is 0 Å². The highest BCUT2D eigenvalue weighted by Gasteiger charge is 1.97. The second-order valence-electron chi connectivity index (χ2n) is 8.15. The third-order valence-electron chi connectivity index (χ3n) is 4.85. The first-order chi connectivity index (χ1) is 17.6. The lowest BCUT2D eigenvalue weighted by Gasteiger charge is -2.05. The predicted molar refractivity (Wildman–Crippen MR) is 140 cm³/mol. The highest BCUT2D eigenvalue weighted by molar-refractivity contribution is 5.81. The van der Waals surface area contributed by atoms with E-state index in [1.54, 1.807) is 13.2 Å². The van der Waals surface area contributed by atoms with E-state index in [0.717, 1.165) is 77.0 Å². The summed E-state index contributed by atoms with van der Waals surface area (Å²) in [6.45, 7) is 2.69. The number of hydrogen-bond donors (Lipinski definition) is 3. The Kier molecular flexibility index (Phi) is 33.6. The highest BCUT2D eigenvalue weighted by atomic mass is 16.7. The molecule has 0 fully saturated rings. The number of carboxylic acid groups (broad SMARTS) is 1. The monoisotopic (exact) mass is 518 g/mol. The van der Waals surface area contributed by atoms with Crippen LogP contribution in [0.1, 0.15) is 83.5 Å². The van der Waals surface area contributed by atoms with Crippen molar-refractivity contribution in [3.8, 4) is 0 Å². The summed E-state index contributed by atoms with van der Waals surface area (Å²) in [5.74, 6) is -1.18. The predicted octanol–water partition coefficient (Wildman–Crippen LogP) is 4.41. The Morgan fingerprint density at radius 3 is 1.72 bits per heavy atom. The van der Waals surface area contributed by atoms with Gasteiger partial charge in [0, 0.05) is 38.9 Å². The van der Waals surface area contributed by atoms with Crippen molar-refractivity contribution in [3.63, 3.8) is 0 Å². The Morgan fingerprint density at radius 1 is 0.639 bits per heavy atom. The molecule has 212 valence electrons. The molecule has 36 heavy (non-hydrogen) atoms. The number of carboxylic acids is 1. The number of ether oxygens (including phenoxy) is 4. The van der Waals surface area contributed by atoms with Crippen LogP contribution in [0.15, 0.2) is 24.3 Å². The van der Waals surface area contributed by atoms with Crippen molar-refractivity contribution in [3.05, 3.63) is 24.3 Å². The van der Waals surface area contributed by atoms with E-state index < -0.39 is 5.97 Å². The maximum absolute atomic E-state index is 11.4. The van der Waals surface area contributed by atoms with E-state index in [0.29, 0.717) is 32.8 Å². The van der Waals surface area contributed by atoms with Crippen molar-refractivity contribution in [2.24, 2.45) is 0 Å². The van der Waals surface area contributed by atoms with E-state index in [9.17, 15) is 9.59 Å². The maximum atomic E-state index is 11.4. The largest absolute Gasteiger partial charge is 0.478 e. The molecule has 0 rings (SSSR count). The van der Waals surface area contributed by atoms with Gasteiger partial charge in [0.25, 0.3) is 0 Å². The Labute approximate surface area is 217 Å². The zero-order valence-corrected chi connectivity index (χ0v) is 22.2. The molecule has 0 atom stereocenters. The van der Waals surface area contributed by atoms with Gasteiger partial charge < -0.3 is 34.3 Å². The fraction of sp³-hybridized carbons (Fsp3) is 0.778. The van der Waals surface area contributed by atoms with Gasteiger partial charge in [-0.15, -0.1) is 0 Å². The minimum Gasteiger partial charge on any atom is -0.478 e. The number of aliphatic hydroxyl groups excluding tert-OH is 2. The van der Waals surface area contributed by atoms with Crippen LogP contribution < -0.4 is 0 Å². The molecule has 0 radical (unpaired) electrons. The first-order valence-electron chi connectivity index (χ1n) is 13.2. The number of carbonyl (C=O) groups is 2. The Morgan fingerprint density at radius 2 is 1.17 bits per heavy atom. The van der Waals surface area contributed by atoms with Gasteiger partial charge >= 0.3 is 11.9 Å². The summed E-state index contributed by atoms with van der Waals surface area (Å²) in [6.07, 6.45) is 19.1. The van der Waals surface area contributed by atoms with Crippen LogP contribution in [0, 0.1) is 0 Å². The molecule has 0 aliphatic rings. The third kappa shape index (κ3) is 36.8. The van der Waals surface area contributed by atoms with Gasteiger partial charge in [-0.2, -0.15) is 0 Å². The molecule has 0 aliphatic heterocycles. The second kappa shape index (κ2) is 33.2. The molecular weight excluding hydrogens is 468 g/mol. The van der Waals surface area contributed by atoms with Crippen molar-refractivity contribution in [1.29, 1.82) is 0 Å². The lowest BCUT2D eigenvalue weighted by Crippen LogP contribution is -2.09. The molecule has 0 amide bonds. The third-order valence-corrected chi connectivity index (χ3v) is 4.85. The fourth-order valence-electron chi connectivity index (χ4n) is 2.87. The van der Waals surface area contributed by atoms with E-state index in [1.807, 2.05) is 6.08 Å². The Bertz CT molecular complexity index is 521. The molecule has 0 saturated carbocycles. The van der Waals surface area contributed by atoms with Crippen LogP contribution >= 0.6 is 0 Å². The van der Waals surface area contributed by atoms with Gasteiger partial charge in [0.05, 0.1) is 26.4 Å². The van der Waals surface area contributed by atoms with E-state index in [1.165, 1.54) is 12.2 Å². The van der Waals surface area contributed by atoms with E-state index in [4.69, 9.17) is 34.3 Å². The van der Waals surface area contributed by atoms with Gasteiger partial charge in [-0.3, -0.25) is 0 Å². The fourth-order valence-corrected chi connectivity index (χ4v) is 2.87. The number of esters is 1. The lowest BCUT2D eigenvalue weighted by molar-refractivity contribution is -0.138. The molecule has 0 aliphatic carbocycles. The van der Waals surface area contributed by atoms with Crippen molar-refractivity contribution < 1.29 is 43.9 Å². The number of rotatable bonds is 25. The summed E-state index contributed by atoms with van der Waals surface area (Å²) >= 11 is 0. The first kappa shape index (κ1) is 36.4. The first-order valence-corrected chi connectivity index (χ1v) is 13.2. The van der Waals surface area contributed by atoms with Crippen molar-refractivity contribution >= 4 is 11.9 Å². The molecule has 0 aromatic rings. The average molecular weight is 519 g/mol. The maximum Gasteiger partial charge on any atom is 0.330 e. The van der Waals surface area contributed by atoms with Crippen molar-refractivity contribution in [1.82, 2.24) is 0 Å². The van der Waals surface area contributed by atoms with E-state index >= 15 is 0 Å². The van der Waals surface area contributed by atoms with Gasteiger partial charge in [0.2, 0.25) is 0 Å². The molecule has 0 aromatic carbocycles. The molecule has 0 saturated heterocycles. The number of unbranched alkanes of at least 4 members (excludes halogenated alkanes) is 10. The molecule has 0 spiro atoms. The van der Waals surface area contributed by atoms with Gasteiger partial charge in [-0.1, -0.05) is 50.7 Å². The minimum atomic E-state index is -0.875. The van der Waals surface area contributed by atoms with Crippen LogP contribution in [-0.2, 0) is 28.5 Å². The summed E-state index contributed by atoms with van der Waals surface area (Å²) in [7, 11) is 1.62. The molecule has 3 N–H and O–H groups in total. The van der Waals surface area contributed by atoms with Crippen LogP contribution in [0.2, 0.25) is 0 Å². The zero-order chi connectivity index (χ0) is 27.0. The number of allylic oxidation sites excluding steroid dienone is 2. The molecule has 9 nitrogen and oxygen atoms in total. The molecule has 0 bridgehead atoms. The lowest BCUT2D eigenvalue weighted by atomic mass is 10.1. The summed E-state index contributed by atoms with van der Waals surface area (Å²) in [5, 5.41) is 25.4. The molecule has 0 heterocycles. The highest BCUT2D eigenvalue weighted by Crippen LogP contribution is 2.06. The molecule has 0 unspecified atom stereocenters. The van der Waals surface area contributed by atoms with Crippen LogP contribution in [0.25, 0.3) is 0 Å². The normalized spacial score (nSPS) is 11.1. The number of aliphatic hydroxyl groups is 2. The van der Waals surface area contributed by atoms with Gasteiger partial charge in [-0.25, -0.2) is 9.59 Å². The van der Waals surface area contributed by atoms with Gasteiger partial charge in [0.1, 0.15) is 6.79 Å². The number of aliphatic carboxylic acids is 1. The van der Waals surface area contributed by atoms with Crippen LogP contribution in [-0.4, -0.2) is 80.8 Å². The SMILES string of the molecule is COCCOCOCCCOC(=O)C=CCCCCCCCO.O=C(O)C=CCCCCCCCO. The average Bonchev–Trinajstić information content (AvgIpc) is 2.86.